The van der Waals surface area contributed by atoms with Crippen molar-refractivity contribution in [3.63, 3.8) is 0 Å². The summed E-state index contributed by atoms with van der Waals surface area (Å²) < 4.78 is 0. The second kappa shape index (κ2) is 12.1. The Bertz CT molecular complexity index is 493. The van der Waals surface area contributed by atoms with Gasteiger partial charge in [0.05, 0.1) is 6.54 Å². The van der Waals surface area contributed by atoms with E-state index >= 15 is 0 Å². The normalized spacial score (nSPS) is 14.2. The van der Waals surface area contributed by atoms with Crippen LogP contribution in [0.5, 0.6) is 0 Å². The first-order valence-corrected chi connectivity index (χ1v) is 12.4. The minimum atomic E-state index is 0.141. The van der Waals surface area contributed by atoms with Crippen molar-refractivity contribution in [2.24, 2.45) is 21.7 Å². The zero-order valence-electron chi connectivity index (χ0n) is 23.5. The summed E-state index contributed by atoms with van der Waals surface area (Å²) in [6.45, 7) is 33.9. The number of rotatable bonds is 16. The molecule has 0 aliphatic carbocycles. The Morgan fingerprint density at radius 2 is 1.00 bits per heavy atom. The van der Waals surface area contributed by atoms with Crippen LogP contribution in [0.2, 0.25) is 0 Å². The topological polar surface area (TPSA) is 44.4 Å². The minimum absolute atomic E-state index is 0.141. The molecule has 0 aromatic heterocycles. The van der Waals surface area contributed by atoms with Gasteiger partial charge in [0.25, 0.3) is 0 Å². The van der Waals surface area contributed by atoms with Crippen molar-refractivity contribution in [3.8, 4) is 0 Å². The van der Waals surface area contributed by atoms with Gasteiger partial charge in [0.2, 0.25) is 0 Å². The van der Waals surface area contributed by atoms with Crippen molar-refractivity contribution in [1.29, 1.82) is 0 Å². The zero-order chi connectivity index (χ0) is 24.7. The van der Waals surface area contributed by atoms with Crippen molar-refractivity contribution >= 4 is 5.78 Å². The lowest BCUT2D eigenvalue weighted by Gasteiger charge is -2.43. The van der Waals surface area contributed by atoms with E-state index in [1.165, 1.54) is 0 Å². The van der Waals surface area contributed by atoms with Gasteiger partial charge in [-0.05, 0) is 41.4 Å². The van der Waals surface area contributed by atoms with Crippen LogP contribution in [0.4, 0.5) is 0 Å². The Labute approximate surface area is 195 Å². The van der Waals surface area contributed by atoms with Gasteiger partial charge in [0, 0.05) is 38.3 Å². The Morgan fingerprint density at radius 1 is 0.677 bits per heavy atom. The summed E-state index contributed by atoms with van der Waals surface area (Å²) in [5.74, 6) is 0.257. The van der Waals surface area contributed by atoms with Gasteiger partial charge < -0.3 is 10.6 Å². The van der Waals surface area contributed by atoms with E-state index in [2.05, 4.69) is 98.6 Å². The molecule has 0 aliphatic rings. The monoisotopic (exact) mass is 439 g/mol. The van der Waals surface area contributed by atoms with Crippen molar-refractivity contribution in [3.05, 3.63) is 0 Å². The molecule has 0 aromatic carbocycles. The summed E-state index contributed by atoms with van der Waals surface area (Å²) in [5.41, 5.74) is 0.718. The fourth-order valence-corrected chi connectivity index (χ4v) is 5.48. The van der Waals surface area contributed by atoms with Crippen molar-refractivity contribution in [2.75, 3.05) is 32.7 Å². The van der Waals surface area contributed by atoms with Crippen LogP contribution in [0, 0.1) is 21.7 Å². The molecule has 0 atom stereocenters. The molecular formula is C27H57N3O. The lowest BCUT2D eigenvalue weighted by atomic mass is 9.73. The fraction of sp³-hybridized carbons (Fsp3) is 0.963. The molecule has 0 saturated heterocycles. The lowest BCUT2D eigenvalue weighted by molar-refractivity contribution is -0.118. The first-order valence-electron chi connectivity index (χ1n) is 12.4. The fourth-order valence-electron chi connectivity index (χ4n) is 5.48. The molecule has 0 amide bonds. The highest BCUT2D eigenvalue weighted by molar-refractivity contribution is 5.77. The SMILES string of the molecule is CC(=O)CN(CC(C)(C)CC(C)(C)CNC(C)C)CC(C)(C)CC(C)(C)CNC(C)C. The maximum absolute atomic E-state index is 12.1. The summed E-state index contributed by atoms with van der Waals surface area (Å²) in [7, 11) is 0. The molecule has 0 aromatic rings. The summed E-state index contributed by atoms with van der Waals surface area (Å²) in [5, 5.41) is 7.21. The molecule has 4 nitrogen and oxygen atoms in total. The maximum atomic E-state index is 12.1. The van der Waals surface area contributed by atoms with Crippen molar-refractivity contribution in [1.82, 2.24) is 15.5 Å². The molecular weight excluding hydrogens is 382 g/mol. The number of ketones is 1. The predicted molar refractivity (Wildman–Crippen MR) is 138 cm³/mol. The quantitative estimate of drug-likeness (QED) is 0.321. The number of nitrogens with zero attached hydrogens (tertiary/aromatic N) is 1. The van der Waals surface area contributed by atoms with Gasteiger partial charge in [-0.25, -0.2) is 0 Å². The van der Waals surface area contributed by atoms with Crippen LogP contribution in [-0.2, 0) is 4.79 Å². The van der Waals surface area contributed by atoms with Crippen molar-refractivity contribution < 1.29 is 4.79 Å². The van der Waals surface area contributed by atoms with E-state index in [1.54, 1.807) is 6.92 Å². The first kappa shape index (κ1) is 30.6. The van der Waals surface area contributed by atoms with Gasteiger partial charge >= 0.3 is 0 Å². The Balaban J connectivity index is 5.21. The summed E-state index contributed by atoms with van der Waals surface area (Å²) >= 11 is 0. The third-order valence-corrected chi connectivity index (χ3v) is 5.64. The molecule has 0 bridgehead atoms. The zero-order valence-corrected chi connectivity index (χ0v) is 23.5. The Morgan fingerprint density at radius 3 is 1.26 bits per heavy atom. The average molecular weight is 440 g/mol. The largest absolute Gasteiger partial charge is 0.314 e. The van der Waals surface area contributed by atoms with Crippen LogP contribution in [0.15, 0.2) is 0 Å². The third kappa shape index (κ3) is 15.9. The van der Waals surface area contributed by atoms with Crippen molar-refractivity contribution in [2.45, 2.75) is 115 Å². The molecule has 0 aliphatic heterocycles. The standard InChI is InChI=1S/C27H57N3O/c1-21(2)28-17-24(6,7)15-26(10,11)19-30(14-23(5)31)20-27(12,13)16-25(8,9)18-29-22(3)4/h21-22,28-29H,14-20H2,1-13H3. The van der Waals surface area contributed by atoms with Gasteiger partial charge in [-0.15, -0.1) is 0 Å². The molecule has 0 heterocycles. The number of hydrogen-bond acceptors (Lipinski definition) is 4. The van der Waals surface area contributed by atoms with Gasteiger partial charge in [0.15, 0.2) is 0 Å². The van der Waals surface area contributed by atoms with Crippen LogP contribution >= 0.6 is 0 Å². The lowest BCUT2D eigenvalue weighted by Crippen LogP contribution is -2.46. The van der Waals surface area contributed by atoms with E-state index in [1.807, 2.05) is 0 Å². The molecule has 31 heavy (non-hydrogen) atoms. The van der Waals surface area contributed by atoms with Crippen LogP contribution in [0.3, 0.4) is 0 Å². The van der Waals surface area contributed by atoms with Crippen LogP contribution in [0.25, 0.3) is 0 Å². The molecule has 0 radical (unpaired) electrons. The molecule has 0 rings (SSSR count). The smallest absolute Gasteiger partial charge is 0.143 e. The Kier molecular flexibility index (Phi) is 12.0. The molecule has 0 saturated carbocycles. The average Bonchev–Trinajstić information content (AvgIpc) is 2.47. The highest BCUT2D eigenvalue weighted by atomic mass is 16.1. The second-order valence-electron chi connectivity index (χ2n) is 13.9. The van der Waals surface area contributed by atoms with Gasteiger partial charge in [-0.3, -0.25) is 9.69 Å². The number of Topliss-reactive ketones (excluding diaryl/α,β-unsaturated/α-hetero) is 1. The van der Waals surface area contributed by atoms with E-state index < -0.39 is 0 Å². The van der Waals surface area contributed by atoms with Crippen LogP contribution < -0.4 is 10.6 Å². The van der Waals surface area contributed by atoms with Gasteiger partial charge in [0.1, 0.15) is 5.78 Å². The van der Waals surface area contributed by atoms with E-state index in [0.29, 0.717) is 18.6 Å². The number of carbonyl (C=O) groups excluding carboxylic acids is 1. The molecule has 4 heteroatoms. The van der Waals surface area contributed by atoms with E-state index in [4.69, 9.17) is 0 Å². The van der Waals surface area contributed by atoms with Gasteiger partial charge in [-0.2, -0.15) is 0 Å². The summed E-state index contributed by atoms with van der Waals surface area (Å²) in [6.07, 6.45) is 2.25. The molecule has 0 fully saturated rings. The van der Waals surface area contributed by atoms with E-state index in [0.717, 1.165) is 39.0 Å². The number of carbonyl (C=O) groups is 1. The molecule has 0 unspecified atom stereocenters. The predicted octanol–water partition coefficient (Wildman–Crippen LogP) is 5.76. The van der Waals surface area contributed by atoms with Gasteiger partial charge in [-0.1, -0.05) is 83.1 Å². The number of nitrogens with one attached hydrogen (secondary N) is 2. The molecule has 0 spiro atoms. The minimum Gasteiger partial charge on any atom is -0.314 e. The maximum Gasteiger partial charge on any atom is 0.143 e. The molecule has 2 N–H and O–H groups in total. The van der Waals surface area contributed by atoms with E-state index in [9.17, 15) is 4.79 Å². The third-order valence-electron chi connectivity index (χ3n) is 5.64. The summed E-state index contributed by atoms with van der Waals surface area (Å²) in [4.78, 5) is 14.5. The molecule has 186 valence electrons. The Hall–Kier alpha value is -0.450. The highest BCUT2D eigenvalue weighted by Gasteiger charge is 2.34. The highest BCUT2D eigenvalue weighted by Crippen LogP contribution is 2.37. The van der Waals surface area contributed by atoms with Crippen LogP contribution in [0.1, 0.15) is 103 Å². The first-order chi connectivity index (χ1) is 13.7. The number of hydrogen-bond donors (Lipinski definition) is 2. The summed E-state index contributed by atoms with van der Waals surface area (Å²) in [6, 6.07) is 1.01. The van der Waals surface area contributed by atoms with E-state index in [-0.39, 0.29) is 27.4 Å². The van der Waals surface area contributed by atoms with Crippen LogP contribution in [-0.4, -0.2) is 55.5 Å². The second-order valence-corrected chi connectivity index (χ2v) is 13.9.